The molecule has 1 aliphatic heterocycles. The molecule has 1 amide bonds. The highest BCUT2D eigenvalue weighted by Gasteiger charge is 2.51. The summed E-state index contributed by atoms with van der Waals surface area (Å²) in [5.41, 5.74) is 2.16. The summed E-state index contributed by atoms with van der Waals surface area (Å²) in [5, 5.41) is 3.50. The Morgan fingerprint density at radius 3 is 2.25 bits per heavy atom. The minimum absolute atomic E-state index is 0.107. The number of nitrogens with zero attached hydrogens (tertiary/aromatic N) is 1. The molecule has 128 valence electrons. The van der Waals surface area contributed by atoms with Crippen molar-refractivity contribution in [3.63, 3.8) is 0 Å². The molecule has 5 aliphatic rings. The summed E-state index contributed by atoms with van der Waals surface area (Å²) in [4.78, 5) is 15.4. The molecule has 1 heterocycles. The van der Waals surface area contributed by atoms with Gasteiger partial charge < -0.3 is 10.2 Å². The fourth-order valence-corrected chi connectivity index (χ4v) is 6.40. The van der Waals surface area contributed by atoms with Gasteiger partial charge in [-0.05, 0) is 87.3 Å². The Morgan fingerprint density at radius 2 is 1.62 bits per heavy atom. The molecule has 4 bridgehead atoms. The molecule has 6 rings (SSSR count). The van der Waals surface area contributed by atoms with Crippen LogP contribution in [0.15, 0.2) is 24.3 Å². The Bertz CT molecular complexity index is 612. The van der Waals surface area contributed by atoms with E-state index < -0.39 is 0 Å². The standard InChI is InChI=1S/C21H28N2O/c24-20(18-4-3-5-19(11-18)23-6-1-2-7-23)22-21-12-15-8-16(13-21)10-17(9-15)14-21/h3-5,11,15-17H,1-2,6-10,12-14H2,(H,22,24). The topological polar surface area (TPSA) is 32.3 Å². The first-order chi connectivity index (χ1) is 11.7. The number of hydrogen-bond acceptors (Lipinski definition) is 2. The average Bonchev–Trinajstić information content (AvgIpc) is 3.07. The van der Waals surface area contributed by atoms with Gasteiger partial charge in [-0.15, -0.1) is 0 Å². The molecule has 1 aromatic carbocycles. The number of carbonyl (C=O) groups is 1. The SMILES string of the molecule is O=C(NC12CC3CC(CC(C3)C1)C2)c1cccc(N2CCCC2)c1. The van der Waals surface area contributed by atoms with Gasteiger partial charge in [-0.3, -0.25) is 4.79 Å². The molecule has 4 aliphatic carbocycles. The molecule has 1 aromatic rings. The summed E-state index contributed by atoms with van der Waals surface area (Å²) >= 11 is 0. The summed E-state index contributed by atoms with van der Waals surface area (Å²) < 4.78 is 0. The zero-order chi connectivity index (χ0) is 16.1. The maximum Gasteiger partial charge on any atom is 0.251 e. The Labute approximate surface area is 144 Å². The summed E-state index contributed by atoms with van der Waals surface area (Å²) in [5.74, 6) is 2.76. The van der Waals surface area contributed by atoms with Crippen LogP contribution in [0, 0.1) is 17.8 Å². The van der Waals surface area contributed by atoms with Gasteiger partial charge in [0.05, 0.1) is 0 Å². The molecule has 0 spiro atoms. The first kappa shape index (κ1) is 14.8. The number of carbonyl (C=O) groups excluding carboxylic acids is 1. The lowest BCUT2D eigenvalue weighted by Gasteiger charge is -2.56. The maximum atomic E-state index is 13.0. The van der Waals surface area contributed by atoms with Crippen molar-refractivity contribution in [3.05, 3.63) is 29.8 Å². The van der Waals surface area contributed by atoms with Gasteiger partial charge in [0, 0.05) is 29.9 Å². The van der Waals surface area contributed by atoms with Crippen LogP contribution < -0.4 is 10.2 Å². The van der Waals surface area contributed by atoms with E-state index in [9.17, 15) is 4.79 Å². The Hall–Kier alpha value is -1.51. The van der Waals surface area contributed by atoms with Crippen molar-refractivity contribution in [3.8, 4) is 0 Å². The molecule has 3 heteroatoms. The Balaban J connectivity index is 1.34. The van der Waals surface area contributed by atoms with Gasteiger partial charge >= 0.3 is 0 Å². The van der Waals surface area contributed by atoms with Crippen LogP contribution in [0.1, 0.15) is 61.7 Å². The van der Waals surface area contributed by atoms with Gasteiger partial charge in [-0.25, -0.2) is 0 Å². The van der Waals surface area contributed by atoms with E-state index in [1.54, 1.807) is 0 Å². The first-order valence-corrected chi connectivity index (χ1v) is 9.87. The van der Waals surface area contributed by atoms with E-state index in [0.29, 0.717) is 0 Å². The third kappa shape index (κ3) is 2.53. The first-order valence-electron chi connectivity index (χ1n) is 9.87. The predicted octanol–water partition coefficient (Wildman–Crippen LogP) is 3.99. The summed E-state index contributed by atoms with van der Waals surface area (Å²) in [6.45, 7) is 2.25. The van der Waals surface area contributed by atoms with Crippen molar-refractivity contribution in [2.24, 2.45) is 17.8 Å². The summed E-state index contributed by atoms with van der Waals surface area (Å²) in [6, 6.07) is 8.27. The number of nitrogens with one attached hydrogen (secondary N) is 1. The van der Waals surface area contributed by atoms with Crippen molar-refractivity contribution in [2.45, 2.75) is 56.9 Å². The molecule has 0 unspecified atom stereocenters. The largest absolute Gasteiger partial charge is 0.372 e. The van der Waals surface area contributed by atoms with Crippen molar-refractivity contribution in [2.75, 3.05) is 18.0 Å². The zero-order valence-electron chi connectivity index (χ0n) is 14.5. The van der Waals surface area contributed by atoms with E-state index in [1.165, 1.54) is 57.1 Å². The van der Waals surface area contributed by atoms with Crippen LogP contribution in [-0.4, -0.2) is 24.5 Å². The van der Waals surface area contributed by atoms with Gasteiger partial charge in [-0.1, -0.05) is 6.07 Å². The lowest BCUT2D eigenvalue weighted by atomic mass is 9.53. The minimum atomic E-state index is 0.107. The third-order valence-corrected chi connectivity index (χ3v) is 7.00. The molecule has 1 saturated heterocycles. The molecule has 3 nitrogen and oxygen atoms in total. The monoisotopic (exact) mass is 324 g/mol. The van der Waals surface area contributed by atoms with Crippen molar-refractivity contribution in [1.29, 1.82) is 0 Å². The van der Waals surface area contributed by atoms with Gasteiger partial charge in [0.2, 0.25) is 0 Å². The molecular weight excluding hydrogens is 296 g/mol. The number of hydrogen-bond donors (Lipinski definition) is 1. The highest BCUT2D eigenvalue weighted by atomic mass is 16.1. The van der Waals surface area contributed by atoms with Crippen LogP contribution in [0.2, 0.25) is 0 Å². The second kappa shape index (κ2) is 5.50. The van der Waals surface area contributed by atoms with Crippen LogP contribution in [0.25, 0.3) is 0 Å². The van der Waals surface area contributed by atoms with Crippen LogP contribution >= 0.6 is 0 Å². The van der Waals surface area contributed by atoms with E-state index in [2.05, 4.69) is 22.3 Å². The smallest absolute Gasteiger partial charge is 0.251 e. The second-order valence-electron chi connectivity index (χ2n) is 8.90. The molecule has 0 atom stereocenters. The molecule has 0 aromatic heterocycles. The minimum Gasteiger partial charge on any atom is -0.372 e. The molecular formula is C21H28N2O. The lowest BCUT2D eigenvalue weighted by Crippen LogP contribution is -2.59. The molecule has 0 radical (unpaired) electrons. The van der Waals surface area contributed by atoms with Gasteiger partial charge in [-0.2, -0.15) is 0 Å². The van der Waals surface area contributed by atoms with Gasteiger partial charge in [0.15, 0.2) is 0 Å². The average molecular weight is 324 g/mol. The van der Waals surface area contributed by atoms with E-state index in [1.807, 2.05) is 12.1 Å². The fourth-order valence-electron chi connectivity index (χ4n) is 6.40. The number of benzene rings is 1. The maximum absolute atomic E-state index is 13.0. The lowest BCUT2D eigenvalue weighted by molar-refractivity contribution is -0.0167. The number of anilines is 1. The second-order valence-corrected chi connectivity index (χ2v) is 8.90. The quantitative estimate of drug-likeness (QED) is 0.912. The van der Waals surface area contributed by atoms with Crippen LogP contribution in [0.4, 0.5) is 5.69 Å². The van der Waals surface area contributed by atoms with Crippen molar-refractivity contribution in [1.82, 2.24) is 5.32 Å². The fraction of sp³-hybridized carbons (Fsp3) is 0.667. The van der Waals surface area contributed by atoms with E-state index in [4.69, 9.17) is 0 Å². The van der Waals surface area contributed by atoms with Gasteiger partial charge in [0.25, 0.3) is 5.91 Å². The number of rotatable bonds is 3. The molecule has 4 saturated carbocycles. The third-order valence-electron chi connectivity index (χ3n) is 7.00. The van der Waals surface area contributed by atoms with E-state index >= 15 is 0 Å². The van der Waals surface area contributed by atoms with Crippen molar-refractivity contribution >= 4 is 11.6 Å². The van der Waals surface area contributed by atoms with Crippen LogP contribution in [0.5, 0.6) is 0 Å². The Kier molecular flexibility index (Phi) is 3.39. The van der Waals surface area contributed by atoms with E-state index in [0.717, 1.165) is 36.4 Å². The highest BCUT2D eigenvalue weighted by molar-refractivity contribution is 5.95. The summed E-state index contributed by atoms with van der Waals surface area (Å²) in [6.07, 6.45) is 10.4. The normalized spacial score (nSPS) is 37.0. The van der Waals surface area contributed by atoms with Crippen LogP contribution in [-0.2, 0) is 0 Å². The van der Waals surface area contributed by atoms with Crippen molar-refractivity contribution < 1.29 is 4.79 Å². The summed E-state index contributed by atoms with van der Waals surface area (Å²) in [7, 11) is 0. The number of amides is 1. The predicted molar refractivity (Wildman–Crippen MR) is 96.3 cm³/mol. The Morgan fingerprint density at radius 1 is 1.00 bits per heavy atom. The molecule has 24 heavy (non-hydrogen) atoms. The zero-order valence-corrected chi connectivity index (χ0v) is 14.5. The van der Waals surface area contributed by atoms with E-state index in [-0.39, 0.29) is 11.4 Å². The molecule has 1 N–H and O–H groups in total. The molecule has 5 fully saturated rings. The van der Waals surface area contributed by atoms with Gasteiger partial charge in [0.1, 0.15) is 0 Å². The highest BCUT2D eigenvalue weighted by Crippen LogP contribution is 2.55. The van der Waals surface area contributed by atoms with Crippen LogP contribution in [0.3, 0.4) is 0 Å².